The van der Waals surface area contributed by atoms with Crippen LogP contribution in [0.15, 0.2) is 69.8 Å². The summed E-state index contributed by atoms with van der Waals surface area (Å²) in [5.41, 5.74) is 2.43. The molecular weight excluding hydrogens is 643 g/mol. The fraction of sp³-hybridized carbons (Fsp3) is 0.154. The Labute approximate surface area is 229 Å². The van der Waals surface area contributed by atoms with Crippen LogP contribution in [0.2, 0.25) is 0 Å². The summed E-state index contributed by atoms with van der Waals surface area (Å²) in [4.78, 5) is 27.6. The number of carbonyl (C=O) groups excluding carboxylic acids is 1. The minimum atomic E-state index is -0.641. The smallest absolute Gasteiger partial charge is 0.363 e. The molecule has 0 amide bonds. The van der Waals surface area contributed by atoms with Gasteiger partial charge in [0, 0.05) is 27.2 Å². The predicted molar refractivity (Wildman–Crippen MR) is 147 cm³/mol. The highest BCUT2D eigenvalue weighted by Gasteiger charge is 2.27. The van der Waals surface area contributed by atoms with E-state index < -0.39 is 10.9 Å². The minimum absolute atomic E-state index is 0.0283. The monoisotopic (exact) mass is 662 g/mol. The van der Waals surface area contributed by atoms with E-state index in [2.05, 4.69) is 43.5 Å². The molecule has 0 spiro atoms. The van der Waals surface area contributed by atoms with E-state index in [1.807, 2.05) is 37.3 Å². The summed E-state index contributed by atoms with van der Waals surface area (Å²) in [5.74, 6) is 0.521. The van der Waals surface area contributed by atoms with Gasteiger partial charge in [-0.2, -0.15) is 0 Å². The van der Waals surface area contributed by atoms with Gasteiger partial charge in [0.05, 0.1) is 15.1 Å². The number of hydrogen-bond donors (Lipinski definition) is 0. The molecule has 0 radical (unpaired) electrons. The van der Waals surface area contributed by atoms with Gasteiger partial charge in [-0.15, -0.1) is 0 Å². The summed E-state index contributed by atoms with van der Waals surface area (Å²) in [7, 11) is 0. The van der Waals surface area contributed by atoms with Crippen LogP contribution in [-0.4, -0.2) is 23.4 Å². The van der Waals surface area contributed by atoms with Crippen LogP contribution < -0.4 is 9.47 Å². The molecule has 1 aliphatic rings. The van der Waals surface area contributed by atoms with Gasteiger partial charge in [-0.25, -0.2) is 9.79 Å². The van der Waals surface area contributed by atoms with Gasteiger partial charge in [0.2, 0.25) is 5.90 Å². The molecule has 0 N–H and O–H groups in total. The summed E-state index contributed by atoms with van der Waals surface area (Å²) < 4.78 is 19.0. The molecule has 0 aliphatic carbocycles. The molecule has 0 unspecified atom stereocenters. The van der Waals surface area contributed by atoms with Crippen molar-refractivity contribution in [1.82, 2.24) is 0 Å². The van der Waals surface area contributed by atoms with Crippen molar-refractivity contribution in [2.75, 3.05) is 6.61 Å². The first kappa shape index (κ1) is 25.8. The number of hydrogen-bond acceptors (Lipinski definition) is 7. The van der Waals surface area contributed by atoms with Gasteiger partial charge in [-0.3, -0.25) is 10.1 Å². The second-order valence-electron chi connectivity index (χ2n) is 7.69. The highest BCUT2D eigenvalue weighted by Crippen LogP contribution is 2.36. The molecule has 0 atom stereocenters. The lowest BCUT2D eigenvalue weighted by Gasteiger charge is -2.15. The van der Waals surface area contributed by atoms with Crippen molar-refractivity contribution >= 4 is 62.2 Å². The molecule has 10 heteroatoms. The SMILES string of the molecule is CCOc1cc(/C=C2\N=C(c3cccc([N+](=O)[O-])c3C)OC2=O)cc(I)c1OCc1ccccc1Br. The topological polar surface area (TPSA) is 100 Å². The van der Waals surface area contributed by atoms with E-state index in [4.69, 9.17) is 14.2 Å². The van der Waals surface area contributed by atoms with Crippen molar-refractivity contribution in [2.45, 2.75) is 20.5 Å². The van der Waals surface area contributed by atoms with Gasteiger partial charge in [0.1, 0.15) is 6.61 Å². The van der Waals surface area contributed by atoms with Crippen LogP contribution in [0, 0.1) is 20.6 Å². The fourth-order valence-electron chi connectivity index (χ4n) is 3.57. The minimum Gasteiger partial charge on any atom is -0.490 e. The van der Waals surface area contributed by atoms with E-state index >= 15 is 0 Å². The Morgan fingerprint density at radius 3 is 2.67 bits per heavy atom. The third-order valence-corrected chi connectivity index (χ3v) is 6.89. The zero-order valence-electron chi connectivity index (χ0n) is 19.3. The average Bonchev–Trinajstić information content (AvgIpc) is 3.19. The molecule has 0 saturated carbocycles. The highest BCUT2D eigenvalue weighted by molar-refractivity contribution is 14.1. The number of esters is 1. The van der Waals surface area contributed by atoms with Crippen LogP contribution in [0.1, 0.15) is 29.2 Å². The molecule has 4 rings (SSSR count). The maximum absolute atomic E-state index is 12.5. The van der Waals surface area contributed by atoms with Crippen molar-refractivity contribution in [3.63, 3.8) is 0 Å². The number of nitro benzene ring substituents is 1. The Hall–Kier alpha value is -3.25. The lowest BCUT2D eigenvalue weighted by atomic mass is 10.1. The number of aliphatic imine (C=N–C) groups is 1. The number of nitro groups is 1. The predicted octanol–water partition coefficient (Wildman–Crippen LogP) is 6.59. The number of halogens is 2. The van der Waals surface area contributed by atoms with Crippen LogP contribution in [-0.2, 0) is 16.1 Å². The second-order valence-corrected chi connectivity index (χ2v) is 9.70. The van der Waals surface area contributed by atoms with Crippen LogP contribution in [0.4, 0.5) is 5.69 Å². The normalized spacial score (nSPS) is 13.9. The number of nitrogens with zero attached hydrogens (tertiary/aromatic N) is 2. The number of rotatable bonds is 8. The van der Waals surface area contributed by atoms with Crippen molar-refractivity contribution in [1.29, 1.82) is 0 Å². The largest absolute Gasteiger partial charge is 0.490 e. The van der Waals surface area contributed by atoms with Crippen molar-refractivity contribution in [2.24, 2.45) is 4.99 Å². The van der Waals surface area contributed by atoms with E-state index in [0.29, 0.717) is 41.4 Å². The number of cyclic esters (lactones) is 1. The van der Waals surface area contributed by atoms with Crippen LogP contribution in [0.3, 0.4) is 0 Å². The Bertz CT molecular complexity index is 1420. The highest BCUT2D eigenvalue weighted by atomic mass is 127. The van der Waals surface area contributed by atoms with Crippen LogP contribution in [0.5, 0.6) is 11.5 Å². The first-order chi connectivity index (χ1) is 17.3. The molecule has 184 valence electrons. The summed E-state index contributed by atoms with van der Waals surface area (Å²) in [6, 6.07) is 16.0. The zero-order valence-corrected chi connectivity index (χ0v) is 23.0. The molecule has 0 bridgehead atoms. The third kappa shape index (κ3) is 5.59. The van der Waals surface area contributed by atoms with Gasteiger partial charge >= 0.3 is 5.97 Å². The Morgan fingerprint density at radius 1 is 1.17 bits per heavy atom. The Morgan fingerprint density at radius 2 is 1.94 bits per heavy atom. The summed E-state index contributed by atoms with van der Waals surface area (Å²) in [6.07, 6.45) is 1.59. The second kappa shape index (κ2) is 11.2. The molecule has 1 heterocycles. The molecule has 3 aromatic rings. The van der Waals surface area contributed by atoms with E-state index in [-0.39, 0.29) is 17.3 Å². The van der Waals surface area contributed by atoms with Crippen LogP contribution in [0.25, 0.3) is 6.08 Å². The lowest BCUT2D eigenvalue weighted by molar-refractivity contribution is -0.385. The molecule has 8 nitrogen and oxygen atoms in total. The van der Waals surface area contributed by atoms with Gasteiger partial charge < -0.3 is 14.2 Å². The molecule has 36 heavy (non-hydrogen) atoms. The van der Waals surface area contributed by atoms with Gasteiger partial charge in [-0.05, 0) is 72.3 Å². The third-order valence-electron chi connectivity index (χ3n) is 5.32. The number of benzene rings is 3. The molecule has 0 aromatic heterocycles. The van der Waals surface area contributed by atoms with Crippen molar-refractivity contribution in [3.05, 3.63) is 101 Å². The quantitative estimate of drug-likeness (QED) is 0.0887. The summed E-state index contributed by atoms with van der Waals surface area (Å²) in [6.45, 7) is 4.25. The average molecular weight is 663 g/mol. The van der Waals surface area contributed by atoms with Gasteiger partial charge in [-0.1, -0.05) is 40.2 Å². The first-order valence-electron chi connectivity index (χ1n) is 10.9. The fourth-order valence-corrected chi connectivity index (χ4v) is 4.76. The summed E-state index contributed by atoms with van der Waals surface area (Å²) in [5, 5.41) is 11.3. The maximum atomic E-state index is 12.5. The first-order valence-corrected chi connectivity index (χ1v) is 12.7. The lowest BCUT2D eigenvalue weighted by Crippen LogP contribution is -2.08. The summed E-state index contributed by atoms with van der Waals surface area (Å²) >= 11 is 5.69. The Kier molecular flexibility index (Phi) is 8.04. The molecule has 0 saturated heterocycles. The molecule has 1 aliphatic heterocycles. The zero-order chi connectivity index (χ0) is 25.8. The Balaban J connectivity index is 1.65. The molecule has 3 aromatic carbocycles. The van der Waals surface area contributed by atoms with E-state index in [0.717, 1.165) is 13.6 Å². The van der Waals surface area contributed by atoms with Crippen molar-refractivity contribution in [3.8, 4) is 11.5 Å². The number of carbonyl (C=O) groups is 1. The maximum Gasteiger partial charge on any atom is 0.363 e. The van der Waals surface area contributed by atoms with E-state index in [1.165, 1.54) is 12.1 Å². The van der Waals surface area contributed by atoms with Crippen molar-refractivity contribution < 1.29 is 23.9 Å². The number of ether oxygens (including phenoxy) is 3. The molecule has 0 fully saturated rings. The standard InChI is InChI=1S/C26H20BrIN2O6/c1-3-34-23-13-16(11-20(28)24(23)35-14-17-7-4-5-9-19(17)27)12-21-26(31)36-25(29-21)18-8-6-10-22(15(18)2)30(32)33/h4-13H,3,14H2,1-2H3/b21-12-. The van der Waals surface area contributed by atoms with E-state index in [1.54, 1.807) is 25.1 Å². The van der Waals surface area contributed by atoms with Crippen LogP contribution >= 0.6 is 38.5 Å². The van der Waals surface area contributed by atoms with Gasteiger partial charge in [0.25, 0.3) is 5.69 Å². The van der Waals surface area contributed by atoms with Gasteiger partial charge in [0.15, 0.2) is 17.2 Å². The molecular formula is C26H20BrIN2O6. The van der Waals surface area contributed by atoms with E-state index in [9.17, 15) is 14.9 Å².